The first-order valence-electron chi connectivity index (χ1n) is 14.4. The minimum Gasteiger partial charge on any atom is -0.494 e. The molecular formula is C33H43N3O5S. The molecule has 8 nitrogen and oxygen atoms in total. The molecule has 1 atom stereocenters. The molecule has 0 aliphatic carbocycles. The fourth-order valence-corrected chi connectivity index (χ4v) is 5.89. The van der Waals surface area contributed by atoms with Gasteiger partial charge in [-0.15, -0.1) is 0 Å². The topological polar surface area (TPSA) is 96.0 Å². The van der Waals surface area contributed by atoms with E-state index in [1.807, 2.05) is 65.8 Å². The number of anilines is 1. The molecule has 0 aliphatic rings. The molecule has 0 aromatic heterocycles. The third-order valence-corrected chi connectivity index (χ3v) is 8.66. The molecule has 1 N–H and O–H groups in total. The molecule has 2 amide bonds. The van der Waals surface area contributed by atoms with E-state index in [1.54, 1.807) is 36.4 Å². The van der Waals surface area contributed by atoms with Gasteiger partial charge in [0.2, 0.25) is 11.8 Å². The summed E-state index contributed by atoms with van der Waals surface area (Å²) in [6.45, 7) is 12.2. The molecule has 0 radical (unpaired) electrons. The van der Waals surface area contributed by atoms with Crippen molar-refractivity contribution in [1.82, 2.24) is 10.2 Å². The number of carbonyl (C=O) groups excluding carboxylic acids is 2. The Morgan fingerprint density at radius 1 is 0.857 bits per heavy atom. The van der Waals surface area contributed by atoms with Crippen molar-refractivity contribution in [2.24, 2.45) is 5.92 Å². The van der Waals surface area contributed by atoms with Gasteiger partial charge in [0.05, 0.1) is 17.2 Å². The monoisotopic (exact) mass is 593 g/mol. The molecule has 3 aromatic carbocycles. The van der Waals surface area contributed by atoms with Crippen LogP contribution in [0.1, 0.15) is 50.8 Å². The average Bonchev–Trinajstić information content (AvgIpc) is 2.96. The van der Waals surface area contributed by atoms with Crippen molar-refractivity contribution in [2.75, 3.05) is 24.0 Å². The molecular weight excluding hydrogens is 550 g/mol. The van der Waals surface area contributed by atoms with Gasteiger partial charge in [0, 0.05) is 13.1 Å². The van der Waals surface area contributed by atoms with Gasteiger partial charge in [0.1, 0.15) is 18.3 Å². The van der Waals surface area contributed by atoms with Crippen LogP contribution < -0.4 is 14.4 Å². The van der Waals surface area contributed by atoms with Crippen LogP contribution in [0.3, 0.4) is 0 Å². The number of benzene rings is 3. The summed E-state index contributed by atoms with van der Waals surface area (Å²) in [6, 6.07) is 20.1. The van der Waals surface area contributed by atoms with Gasteiger partial charge < -0.3 is 15.0 Å². The van der Waals surface area contributed by atoms with Gasteiger partial charge in [-0.1, -0.05) is 68.3 Å². The van der Waals surface area contributed by atoms with Crippen LogP contribution in [-0.4, -0.2) is 50.9 Å². The van der Waals surface area contributed by atoms with Crippen LogP contribution in [0, 0.1) is 19.8 Å². The van der Waals surface area contributed by atoms with Crippen LogP contribution in [0.5, 0.6) is 5.75 Å². The van der Waals surface area contributed by atoms with Crippen LogP contribution in [0.4, 0.5) is 5.69 Å². The average molecular weight is 594 g/mol. The van der Waals surface area contributed by atoms with Crippen molar-refractivity contribution < 1.29 is 22.7 Å². The Morgan fingerprint density at radius 3 is 1.95 bits per heavy atom. The third-order valence-electron chi connectivity index (χ3n) is 6.87. The lowest BCUT2D eigenvalue weighted by molar-refractivity contribution is -0.140. The molecule has 0 heterocycles. The number of ether oxygens (including phenoxy) is 1. The largest absolute Gasteiger partial charge is 0.494 e. The van der Waals surface area contributed by atoms with E-state index in [4.69, 9.17) is 4.74 Å². The fraction of sp³-hybridized carbons (Fsp3) is 0.394. The molecule has 3 aromatic rings. The minimum absolute atomic E-state index is 0.0709. The summed E-state index contributed by atoms with van der Waals surface area (Å²) in [6.07, 6.45) is 0.370. The Morgan fingerprint density at radius 2 is 1.43 bits per heavy atom. The summed E-state index contributed by atoms with van der Waals surface area (Å²) in [5.74, 6) is 0.0870. The molecule has 9 heteroatoms. The third kappa shape index (κ3) is 8.58. The Labute approximate surface area is 250 Å². The molecule has 0 bridgehead atoms. The number of rotatable bonds is 14. The van der Waals surface area contributed by atoms with E-state index in [0.717, 1.165) is 21.0 Å². The second-order valence-electron chi connectivity index (χ2n) is 10.8. The second-order valence-corrected chi connectivity index (χ2v) is 12.7. The zero-order valence-corrected chi connectivity index (χ0v) is 26.3. The number of nitrogens with zero attached hydrogens (tertiary/aromatic N) is 2. The molecule has 42 heavy (non-hydrogen) atoms. The van der Waals surface area contributed by atoms with Crippen LogP contribution in [0.2, 0.25) is 0 Å². The van der Waals surface area contributed by atoms with Gasteiger partial charge in [0.25, 0.3) is 10.0 Å². The normalized spacial score (nSPS) is 12.1. The number of amides is 2. The maximum absolute atomic E-state index is 14.2. The number of hydrogen-bond acceptors (Lipinski definition) is 5. The summed E-state index contributed by atoms with van der Waals surface area (Å²) in [5.41, 5.74) is 3.15. The van der Waals surface area contributed by atoms with Crippen LogP contribution in [0.25, 0.3) is 0 Å². The van der Waals surface area contributed by atoms with E-state index in [0.29, 0.717) is 31.0 Å². The lowest BCUT2D eigenvalue weighted by Crippen LogP contribution is -2.52. The van der Waals surface area contributed by atoms with E-state index >= 15 is 0 Å². The first-order valence-corrected chi connectivity index (χ1v) is 15.8. The first kappa shape index (κ1) is 32.7. The van der Waals surface area contributed by atoms with Crippen molar-refractivity contribution in [3.8, 4) is 5.75 Å². The van der Waals surface area contributed by atoms with Gasteiger partial charge in [-0.2, -0.15) is 0 Å². The van der Waals surface area contributed by atoms with Crippen LogP contribution in [0.15, 0.2) is 77.7 Å². The van der Waals surface area contributed by atoms with Gasteiger partial charge in [-0.05, 0) is 75.1 Å². The molecule has 3 rings (SSSR count). The molecule has 0 aliphatic heterocycles. The Bertz CT molecular complexity index is 1420. The van der Waals surface area contributed by atoms with Crippen LogP contribution in [-0.2, 0) is 26.2 Å². The molecule has 226 valence electrons. The standard InChI is InChI=1S/C33H43N3O5S/c1-7-31(33(38)34-21-24(3)4)35(22-27-13-9-25(5)10-14-27)32(37)23-36(28-15-17-29(18-16-28)41-8-2)42(39,40)30-19-11-26(6)12-20-30/h9-20,24,31H,7-8,21-23H2,1-6H3,(H,34,38)/t31-/m1/s1. The molecule has 0 spiro atoms. The fourth-order valence-electron chi connectivity index (χ4n) is 4.47. The van der Waals surface area contributed by atoms with Crippen LogP contribution >= 0.6 is 0 Å². The van der Waals surface area contributed by atoms with Crippen molar-refractivity contribution in [3.05, 3.63) is 89.5 Å². The van der Waals surface area contributed by atoms with Gasteiger partial charge >= 0.3 is 0 Å². The highest BCUT2D eigenvalue weighted by molar-refractivity contribution is 7.92. The highest BCUT2D eigenvalue weighted by atomic mass is 32.2. The Hall–Kier alpha value is -3.85. The van der Waals surface area contributed by atoms with E-state index in [-0.39, 0.29) is 23.3 Å². The quantitative estimate of drug-likeness (QED) is 0.267. The molecule has 0 saturated heterocycles. The number of aryl methyl sites for hydroxylation is 2. The van der Waals surface area contributed by atoms with Crippen molar-refractivity contribution in [3.63, 3.8) is 0 Å². The summed E-state index contributed by atoms with van der Waals surface area (Å²) in [7, 11) is -4.13. The zero-order valence-electron chi connectivity index (χ0n) is 25.5. The predicted molar refractivity (Wildman–Crippen MR) is 167 cm³/mol. The van der Waals surface area contributed by atoms with E-state index in [9.17, 15) is 18.0 Å². The molecule has 0 fully saturated rings. The number of sulfonamides is 1. The number of nitrogens with one attached hydrogen (secondary N) is 1. The summed E-state index contributed by atoms with van der Waals surface area (Å²) in [5, 5.41) is 2.95. The Kier molecular flexibility index (Phi) is 11.6. The van der Waals surface area contributed by atoms with Gasteiger partial charge in [0.15, 0.2) is 0 Å². The van der Waals surface area contributed by atoms with E-state index in [1.165, 1.54) is 17.0 Å². The number of hydrogen-bond donors (Lipinski definition) is 1. The zero-order chi connectivity index (χ0) is 30.9. The van der Waals surface area contributed by atoms with Crippen molar-refractivity contribution >= 4 is 27.5 Å². The van der Waals surface area contributed by atoms with E-state index in [2.05, 4.69) is 5.32 Å². The maximum Gasteiger partial charge on any atom is 0.264 e. The maximum atomic E-state index is 14.2. The number of carbonyl (C=O) groups is 2. The second kappa shape index (κ2) is 14.9. The van der Waals surface area contributed by atoms with Gasteiger partial charge in [-0.3, -0.25) is 13.9 Å². The van der Waals surface area contributed by atoms with Gasteiger partial charge in [-0.25, -0.2) is 8.42 Å². The lowest BCUT2D eigenvalue weighted by atomic mass is 10.1. The summed E-state index contributed by atoms with van der Waals surface area (Å²) >= 11 is 0. The molecule has 0 unspecified atom stereocenters. The highest BCUT2D eigenvalue weighted by Crippen LogP contribution is 2.27. The van der Waals surface area contributed by atoms with Crippen molar-refractivity contribution in [1.29, 1.82) is 0 Å². The lowest BCUT2D eigenvalue weighted by Gasteiger charge is -2.33. The van der Waals surface area contributed by atoms with E-state index < -0.39 is 28.5 Å². The summed E-state index contributed by atoms with van der Waals surface area (Å²) in [4.78, 5) is 29.0. The minimum atomic E-state index is -4.13. The molecule has 0 saturated carbocycles. The Balaban J connectivity index is 2.04. The van der Waals surface area contributed by atoms with Crippen molar-refractivity contribution in [2.45, 2.75) is 65.4 Å². The predicted octanol–water partition coefficient (Wildman–Crippen LogP) is 5.48. The smallest absolute Gasteiger partial charge is 0.264 e. The summed E-state index contributed by atoms with van der Waals surface area (Å²) < 4.78 is 34.7. The highest BCUT2D eigenvalue weighted by Gasteiger charge is 2.33. The SMILES string of the molecule is CCOc1ccc(N(CC(=O)N(Cc2ccc(C)cc2)[C@H](CC)C(=O)NCC(C)C)S(=O)(=O)c2ccc(C)cc2)cc1. The first-order chi connectivity index (χ1) is 20.0.